The summed E-state index contributed by atoms with van der Waals surface area (Å²) in [7, 11) is 2.21. The molecular weight excluding hydrogens is 188 g/mol. The Hall–Kier alpha value is -0.120. The van der Waals surface area contributed by atoms with Crippen LogP contribution in [0.3, 0.4) is 0 Å². The van der Waals surface area contributed by atoms with Crippen LogP contribution in [0.5, 0.6) is 0 Å². The van der Waals surface area contributed by atoms with E-state index in [0.717, 1.165) is 32.2 Å². The lowest BCUT2D eigenvalue weighted by molar-refractivity contribution is -0.00147. The third-order valence-electron chi connectivity index (χ3n) is 3.25. The minimum atomic E-state index is 0.372. The molecule has 0 aliphatic carbocycles. The van der Waals surface area contributed by atoms with Gasteiger partial charge in [0.2, 0.25) is 0 Å². The summed E-state index contributed by atoms with van der Waals surface area (Å²) in [6.07, 6.45) is 1.59. The Morgan fingerprint density at radius 2 is 2.20 bits per heavy atom. The second-order valence-corrected chi connectivity index (χ2v) is 4.86. The van der Waals surface area contributed by atoms with E-state index in [0.29, 0.717) is 12.1 Å². The van der Waals surface area contributed by atoms with Crippen LogP contribution in [0.15, 0.2) is 0 Å². The molecule has 0 aromatic carbocycles. The highest BCUT2D eigenvalue weighted by Crippen LogP contribution is 2.13. The third-order valence-corrected chi connectivity index (χ3v) is 3.25. The molecule has 0 spiro atoms. The molecule has 0 bridgehead atoms. The molecule has 0 radical (unpaired) electrons. The Balaban J connectivity index is 2.34. The van der Waals surface area contributed by atoms with Crippen LogP contribution in [-0.4, -0.2) is 50.3 Å². The van der Waals surface area contributed by atoms with E-state index < -0.39 is 0 Å². The molecule has 15 heavy (non-hydrogen) atoms. The van der Waals surface area contributed by atoms with Crippen molar-refractivity contribution in [3.63, 3.8) is 0 Å². The molecule has 2 unspecified atom stereocenters. The molecule has 0 saturated carbocycles. The molecule has 90 valence electrons. The zero-order valence-electron chi connectivity index (χ0n) is 10.6. The van der Waals surface area contributed by atoms with Gasteiger partial charge in [0.25, 0.3) is 0 Å². The van der Waals surface area contributed by atoms with E-state index in [2.05, 4.69) is 38.0 Å². The highest BCUT2D eigenvalue weighted by molar-refractivity contribution is 4.76. The van der Waals surface area contributed by atoms with Gasteiger partial charge in [-0.3, -0.25) is 0 Å². The molecule has 3 nitrogen and oxygen atoms in total. The van der Waals surface area contributed by atoms with Crippen molar-refractivity contribution in [3.05, 3.63) is 0 Å². The van der Waals surface area contributed by atoms with Gasteiger partial charge >= 0.3 is 0 Å². The third kappa shape index (κ3) is 4.09. The lowest BCUT2D eigenvalue weighted by atomic mass is 10.00. The minimum absolute atomic E-state index is 0.372. The van der Waals surface area contributed by atoms with Gasteiger partial charge in [-0.25, -0.2) is 0 Å². The SMILES string of the molecule is CCC(C(C)C)N(C)CC1CNCCO1. The lowest BCUT2D eigenvalue weighted by Crippen LogP contribution is -2.47. The van der Waals surface area contributed by atoms with E-state index in [1.807, 2.05) is 0 Å². The fourth-order valence-corrected chi connectivity index (χ4v) is 2.49. The number of morpholine rings is 1. The Labute approximate surface area is 94.2 Å². The zero-order chi connectivity index (χ0) is 11.3. The van der Waals surface area contributed by atoms with Crippen molar-refractivity contribution in [2.24, 2.45) is 5.92 Å². The molecule has 1 N–H and O–H groups in total. The number of nitrogens with one attached hydrogen (secondary N) is 1. The topological polar surface area (TPSA) is 24.5 Å². The highest BCUT2D eigenvalue weighted by atomic mass is 16.5. The van der Waals surface area contributed by atoms with Crippen LogP contribution in [0.25, 0.3) is 0 Å². The summed E-state index contributed by atoms with van der Waals surface area (Å²) >= 11 is 0. The Morgan fingerprint density at radius 3 is 2.67 bits per heavy atom. The van der Waals surface area contributed by atoms with E-state index >= 15 is 0 Å². The summed E-state index contributed by atoms with van der Waals surface area (Å²) in [4.78, 5) is 2.45. The molecule has 1 heterocycles. The normalized spacial score (nSPS) is 24.8. The van der Waals surface area contributed by atoms with E-state index in [9.17, 15) is 0 Å². The molecule has 1 saturated heterocycles. The van der Waals surface area contributed by atoms with Crippen LogP contribution in [0.4, 0.5) is 0 Å². The lowest BCUT2D eigenvalue weighted by Gasteiger charge is -2.34. The van der Waals surface area contributed by atoms with Crippen LogP contribution in [0.1, 0.15) is 27.2 Å². The van der Waals surface area contributed by atoms with Crippen molar-refractivity contribution >= 4 is 0 Å². The Bertz CT molecular complexity index is 167. The molecule has 3 heteroatoms. The molecule has 1 fully saturated rings. The maximum absolute atomic E-state index is 5.72. The van der Waals surface area contributed by atoms with Crippen molar-refractivity contribution in [2.45, 2.75) is 39.3 Å². The number of rotatable bonds is 5. The molecule has 0 aromatic heterocycles. The predicted molar refractivity (Wildman–Crippen MR) is 64.2 cm³/mol. The van der Waals surface area contributed by atoms with Gasteiger partial charge in [0.1, 0.15) is 0 Å². The fraction of sp³-hybridized carbons (Fsp3) is 1.00. The molecular formula is C12H26N2O. The maximum Gasteiger partial charge on any atom is 0.0826 e. The quantitative estimate of drug-likeness (QED) is 0.747. The standard InChI is InChI=1S/C12H26N2O/c1-5-12(10(2)3)14(4)9-11-8-13-6-7-15-11/h10-13H,5-9H2,1-4H3. The molecule has 0 aromatic rings. The summed E-state index contributed by atoms with van der Waals surface area (Å²) in [5.74, 6) is 0.719. The van der Waals surface area contributed by atoms with E-state index in [1.54, 1.807) is 0 Å². The number of ether oxygens (including phenoxy) is 1. The number of hydrogen-bond acceptors (Lipinski definition) is 3. The van der Waals surface area contributed by atoms with Crippen LogP contribution >= 0.6 is 0 Å². The zero-order valence-corrected chi connectivity index (χ0v) is 10.6. The van der Waals surface area contributed by atoms with Gasteiger partial charge in [0.05, 0.1) is 12.7 Å². The summed E-state index contributed by atoms with van der Waals surface area (Å²) in [5.41, 5.74) is 0. The van der Waals surface area contributed by atoms with Gasteiger partial charge in [0.15, 0.2) is 0 Å². The second-order valence-electron chi connectivity index (χ2n) is 4.86. The van der Waals surface area contributed by atoms with Gasteiger partial charge in [-0.2, -0.15) is 0 Å². The van der Waals surface area contributed by atoms with Crippen molar-refractivity contribution in [3.8, 4) is 0 Å². The van der Waals surface area contributed by atoms with Crippen LogP contribution in [0.2, 0.25) is 0 Å². The highest BCUT2D eigenvalue weighted by Gasteiger charge is 2.21. The van der Waals surface area contributed by atoms with Gasteiger partial charge < -0.3 is 15.0 Å². The number of likely N-dealkylation sites (N-methyl/N-ethyl adjacent to an activating group) is 1. The van der Waals surface area contributed by atoms with Gasteiger partial charge in [0, 0.05) is 25.7 Å². The number of nitrogens with zero attached hydrogens (tertiary/aromatic N) is 1. The van der Waals surface area contributed by atoms with E-state index in [-0.39, 0.29) is 0 Å². The Morgan fingerprint density at radius 1 is 1.47 bits per heavy atom. The average Bonchev–Trinajstić information content (AvgIpc) is 2.19. The molecule has 2 atom stereocenters. The first-order chi connectivity index (χ1) is 7.15. The van der Waals surface area contributed by atoms with E-state index in [4.69, 9.17) is 4.74 Å². The second kappa shape index (κ2) is 6.46. The van der Waals surface area contributed by atoms with Crippen LogP contribution < -0.4 is 5.32 Å². The minimum Gasteiger partial charge on any atom is -0.374 e. The Kier molecular flexibility index (Phi) is 5.58. The van der Waals surface area contributed by atoms with Crippen molar-refractivity contribution < 1.29 is 4.74 Å². The predicted octanol–water partition coefficient (Wildman–Crippen LogP) is 1.34. The first-order valence-corrected chi connectivity index (χ1v) is 6.17. The summed E-state index contributed by atoms with van der Waals surface area (Å²) in [6.45, 7) is 10.8. The van der Waals surface area contributed by atoms with Gasteiger partial charge in [-0.05, 0) is 19.4 Å². The van der Waals surface area contributed by atoms with Gasteiger partial charge in [-0.1, -0.05) is 20.8 Å². The smallest absolute Gasteiger partial charge is 0.0826 e. The first-order valence-electron chi connectivity index (χ1n) is 6.17. The summed E-state index contributed by atoms with van der Waals surface area (Å²) < 4.78 is 5.72. The molecule has 1 aliphatic rings. The average molecular weight is 214 g/mol. The maximum atomic E-state index is 5.72. The molecule has 1 aliphatic heterocycles. The monoisotopic (exact) mass is 214 g/mol. The van der Waals surface area contributed by atoms with Crippen molar-refractivity contribution in [1.29, 1.82) is 0 Å². The van der Waals surface area contributed by atoms with Crippen LogP contribution in [-0.2, 0) is 4.74 Å². The van der Waals surface area contributed by atoms with E-state index in [1.165, 1.54) is 6.42 Å². The first kappa shape index (κ1) is 12.9. The van der Waals surface area contributed by atoms with Crippen LogP contribution in [0, 0.1) is 5.92 Å². The summed E-state index contributed by atoms with van der Waals surface area (Å²) in [6, 6.07) is 0.676. The molecule has 1 rings (SSSR count). The summed E-state index contributed by atoms with van der Waals surface area (Å²) in [5, 5.41) is 3.37. The van der Waals surface area contributed by atoms with Crippen molar-refractivity contribution in [2.75, 3.05) is 33.3 Å². The van der Waals surface area contributed by atoms with Gasteiger partial charge in [-0.15, -0.1) is 0 Å². The number of hydrogen-bond donors (Lipinski definition) is 1. The largest absolute Gasteiger partial charge is 0.374 e. The van der Waals surface area contributed by atoms with Crippen molar-refractivity contribution in [1.82, 2.24) is 10.2 Å². The fourth-order valence-electron chi connectivity index (χ4n) is 2.49. The molecule has 0 amide bonds.